The van der Waals surface area contributed by atoms with E-state index >= 15 is 0 Å². The average Bonchev–Trinajstić information content (AvgIpc) is 3.13. The Kier molecular flexibility index (Phi) is 5.31. The molecule has 2 aliphatic rings. The van der Waals surface area contributed by atoms with Gasteiger partial charge in [-0.3, -0.25) is 10.2 Å². The lowest BCUT2D eigenvalue weighted by Gasteiger charge is -2.21. The molecule has 2 aliphatic heterocycles. The average molecular weight is 375 g/mol. The molecule has 0 spiro atoms. The molecule has 0 saturated carbocycles. The van der Waals surface area contributed by atoms with Crippen LogP contribution in [0, 0.1) is 5.82 Å². The van der Waals surface area contributed by atoms with Crippen LogP contribution in [-0.4, -0.2) is 36.6 Å². The van der Waals surface area contributed by atoms with Crippen LogP contribution < -0.4 is 10.6 Å². The Morgan fingerprint density at radius 1 is 1.32 bits per heavy atom. The van der Waals surface area contributed by atoms with Crippen LogP contribution in [0.4, 0.5) is 17.6 Å². The van der Waals surface area contributed by atoms with Gasteiger partial charge in [0, 0.05) is 23.1 Å². The second-order valence-corrected chi connectivity index (χ2v) is 7.62. The van der Waals surface area contributed by atoms with E-state index in [0.29, 0.717) is 24.4 Å². The van der Waals surface area contributed by atoms with Crippen LogP contribution in [-0.2, 0) is 6.18 Å². The predicted octanol–water partition coefficient (Wildman–Crippen LogP) is 3.84. The van der Waals surface area contributed by atoms with Crippen LogP contribution >= 0.6 is 11.8 Å². The van der Waals surface area contributed by atoms with Gasteiger partial charge in [0.1, 0.15) is 11.3 Å². The zero-order chi connectivity index (χ0) is 18.2. The fourth-order valence-electron chi connectivity index (χ4n) is 3.24. The van der Waals surface area contributed by atoms with Gasteiger partial charge >= 0.3 is 6.18 Å². The SMILES string of the molecule is CNC1NC(c2cc(F)cc(C(F)(F)F)c2)=C(CN2CCCC2C)S1. The molecular formula is C17H21F4N3S. The topological polar surface area (TPSA) is 27.3 Å². The number of likely N-dealkylation sites (tertiary alicyclic amines) is 1. The summed E-state index contributed by atoms with van der Waals surface area (Å²) in [6, 6.07) is 3.14. The van der Waals surface area contributed by atoms with Gasteiger partial charge < -0.3 is 5.32 Å². The van der Waals surface area contributed by atoms with E-state index in [1.54, 1.807) is 7.05 Å². The third-order valence-corrected chi connectivity index (χ3v) is 5.83. The molecule has 8 heteroatoms. The summed E-state index contributed by atoms with van der Waals surface area (Å²) in [6.45, 7) is 3.78. The highest BCUT2D eigenvalue weighted by Crippen LogP contribution is 2.38. The predicted molar refractivity (Wildman–Crippen MR) is 92.2 cm³/mol. The minimum absolute atomic E-state index is 0.138. The summed E-state index contributed by atoms with van der Waals surface area (Å²) in [6.07, 6.45) is -2.33. The zero-order valence-corrected chi connectivity index (χ0v) is 14.9. The van der Waals surface area contributed by atoms with E-state index in [1.807, 2.05) is 0 Å². The third-order valence-electron chi connectivity index (χ3n) is 4.63. The Morgan fingerprint density at radius 2 is 2.08 bits per heavy atom. The molecule has 2 heterocycles. The molecule has 2 atom stereocenters. The summed E-state index contributed by atoms with van der Waals surface area (Å²) < 4.78 is 52.9. The van der Waals surface area contributed by atoms with E-state index in [0.717, 1.165) is 36.4 Å². The standard InChI is InChI=1S/C17H21F4N3S/c1-10-4-3-5-24(10)9-14-15(23-16(22-2)25-14)11-6-12(17(19,20)21)8-13(18)7-11/h6-8,10,16,22-23H,3-5,9H2,1-2H3. The third kappa shape index (κ3) is 4.12. The minimum Gasteiger partial charge on any atom is -0.360 e. The van der Waals surface area contributed by atoms with Crippen molar-refractivity contribution in [3.63, 3.8) is 0 Å². The minimum atomic E-state index is -4.57. The number of nitrogens with one attached hydrogen (secondary N) is 2. The van der Waals surface area contributed by atoms with E-state index < -0.39 is 17.6 Å². The van der Waals surface area contributed by atoms with Gasteiger partial charge in [0.05, 0.1) is 11.3 Å². The zero-order valence-electron chi connectivity index (χ0n) is 14.1. The van der Waals surface area contributed by atoms with Crippen molar-refractivity contribution >= 4 is 17.5 Å². The molecule has 3 nitrogen and oxygen atoms in total. The summed E-state index contributed by atoms with van der Waals surface area (Å²) in [5, 5.41) is 6.24. The van der Waals surface area contributed by atoms with Crippen molar-refractivity contribution in [3.05, 3.63) is 40.0 Å². The second-order valence-electron chi connectivity index (χ2n) is 6.42. The Bertz CT molecular complexity index is 674. The molecular weight excluding hydrogens is 354 g/mol. The molecule has 1 saturated heterocycles. The van der Waals surface area contributed by atoms with Crippen molar-refractivity contribution < 1.29 is 17.6 Å². The van der Waals surface area contributed by atoms with Crippen molar-refractivity contribution in [3.8, 4) is 0 Å². The Labute approximate surface area is 148 Å². The van der Waals surface area contributed by atoms with Gasteiger partial charge in [0.25, 0.3) is 0 Å². The second kappa shape index (κ2) is 7.17. The van der Waals surface area contributed by atoms with Crippen LogP contribution in [0.25, 0.3) is 5.70 Å². The lowest BCUT2D eigenvalue weighted by Crippen LogP contribution is -2.32. The van der Waals surface area contributed by atoms with E-state index in [-0.39, 0.29) is 11.1 Å². The fourth-order valence-corrected chi connectivity index (χ4v) is 4.36. The molecule has 0 radical (unpaired) electrons. The van der Waals surface area contributed by atoms with Gasteiger partial charge in [0.15, 0.2) is 0 Å². The van der Waals surface area contributed by atoms with E-state index in [2.05, 4.69) is 22.5 Å². The largest absolute Gasteiger partial charge is 0.416 e. The quantitative estimate of drug-likeness (QED) is 0.782. The van der Waals surface area contributed by atoms with E-state index in [9.17, 15) is 17.6 Å². The summed E-state index contributed by atoms with van der Waals surface area (Å²) >= 11 is 1.53. The molecule has 0 aromatic heterocycles. The Balaban J connectivity index is 1.96. The molecule has 3 rings (SSSR count). The monoisotopic (exact) mass is 375 g/mol. The lowest BCUT2D eigenvalue weighted by molar-refractivity contribution is -0.137. The molecule has 25 heavy (non-hydrogen) atoms. The molecule has 1 aromatic carbocycles. The Hall–Kier alpha value is -1.25. The van der Waals surface area contributed by atoms with Crippen LogP contribution in [0.2, 0.25) is 0 Å². The smallest absolute Gasteiger partial charge is 0.360 e. The molecule has 0 aliphatic carbocycles. The van der Waals surface area contributed by atoms with Gasteiger partial charge in [-0.1, -0.05) is 11.8 Å². The van der Waals surface area contributed by atoms with Crippen LogP contribution in [0.5, 0.6) is 0 Å². The van der Waals surface area contributed by atoms with Crippen molar-refractivity contribution in [1.29, 1.82) is 0 Å². The first kappa shape index (κ1) is 18.5. The molecule has 0 amide bonds. The molecule has 1 aromatic rings. The number of thioether (sulfide) groups is 1. The van der Waals surface area contributed by atoms with Gasteiger partial charge in [0.2, 0.25) is 0 Å². The maximum absolute atomic E-state index is 13.8. The number of rotatable bonds is 4. The first-order chi connectivity index (χ1) is 11.8. The van der Waals surface area contributed by atoms with Crippen molar-refractivity contribution in [2.45, 2.75) is 37.5 Å². The Morgan fingerprint density at radius 3 is 2.68 bits per heavy atom. The maximum Gasteiger partial charge on any atom is 0.416 e. The number of hydrogen-bond acceptors (Lipinski definition) is 4. The van der Waals surface area contributed by atoms with Crippen LogP contribution in [0.3, 0.4) is 0 Å². The van der Waals surface area contributed by atoms with Gasteiger partial charge in [-0.2, -0.15) is 13.2 Å². The van der Waals surface area contributed by atoms with Crippen molar-refractivity contribution in [2.75, 3.05) is 20.1 Å². The molecule has 138 valence electrons. The van der Waals surface area contributed by atoms with E-state index in [1.165, 1.54) is 11.8 Å². The van der Waals surface area contributed by atoms with Crippen molar-refractivity contribution in [2.24, 2.45) is 0 Å². The summed E-state index contributed by atoms with van der Waals surface area (Å²) in [5.41, 5.74) is -0.294. The van der Waals surface area contributed by atoms with Crippen molar-refractivity contribution in [1.82, 2.24) is 15.5 Å². The lowest BCUT2D eigenvalue weighted by atomic mass is 10.1. The van der Waals surface area contributed by atoms with Crippen LogP contribution in [0.15, 0.2) is 23.1 Å². The highest BCUT2D eigenvalue weighted by Gasteiger charge is 2.33. The molecule has 2 unspecified atom stereocenters. The number of hydrogen-bond donors (Lipinski definition) is 2. The number of benzene rings is 1. The summed E-state index contributed by atoms with van der Waals surface area (Å²) in [4.78, 5) is 3.25. The summed E-state index contributed by atoms with van der Waals surface area (Å²) in [7, 11) is 1.77. The van der Waals surface area contributed by atoms with Gasteiger partial charge in [-0.15, -0.1) is 0 Å². The number of halogens is 4. The molecule has 0 bridgehead atoms. The normalized spacial score (nSPS) is 24.9. The highest BCUT2D eigenvalue weighted by molar-refractivity contribution is 8.04. The first-order valence-corrected chi connectivity index (χ1v) is 9.11. The van der Waals surface area contributed by atoms with E-state index in [4.69, 9.17) is 0 Å². The molecule has 2 N–H and O–H groups in total. The van der Waals surface area contributed by atoms with Crippen LogP contribution in [0.1, 0.15) is 30.9 Å². The highest BCUT2D eigenvalue weighted by atomic mass is 32.2. The fraction of sp³-hybridized carbons (Fsp3) is 0.529. The molecule has 1 fully saturated rings. The number of alkyl halides is 3. The number of nitrogens with zero attached hydrogens (tertiary/aromatic N) is 1. The maximum atomic E-state index is 13.8. The first-order valence-electron chi connectivity index (χ1n) is 8.23. The summed E-state index contributed by atoms with van der Waals surface area (Å²) in [5.74, 6) is -0.883. The van der Waals surface area contributed by atoms with Gasteiger partial charge in [-0.05, 0) is 51.6 Å². The van der Waals surface area contributed by atoms with Gasteiger partial charge in [-0.25, -0.2) is 4.39 Å².